The van der Waals surface area contributed by atoms with E-state index in [1.807, 2.05) is 0 Å². The smallest absolute Gasteiger partial charge is 0.0471 e. The second-order valence-electron chi connectivity index (χ2n) is 8.16. The maximum Gasteiger partial charge on any atom is 0.0471 e. The van der Waals surface area contributed by atoms with Crippen LogP contribution >= 0.6 is 0 Å². The van der Waals surface area contributed by atoms with Gasteiger partial charge in [0.2, 0.25) is 0 Å². The third kappa shape index (κ3) is 3.13. The van der Waals surface area contributed by atoms with Gasteiger partial charge in [-0.25, -0.2) is 0 Å². The third-order valence-electron chi connectivity index (χ3n) is 6.70. The molecule has 0 amide bonds. The number of ether oxygens (including phenoxy) is 1. The van der Waals surface area contributed by atoms with Crippen LogP contribution < -0.4 is 5.73 Å². The van der Waals surface area contributed by atoms with Gasteiger partial charge in [-0.1, -0.05) is 30.3 Å². The van der Waals surface area contributed by atoms with E-state index in [9.17, 15) is 0 Å². The zero-order valence-electron chi connectivity index (χ0n) is 14.8. The summed E-state index contributed by atoms with van der Waals surface area (Å²) < 4.78 is 5.60. The Hall–Kier alpha value is -0.940. The van der Waals surface area contributed by atoms with Gasteiger partial charge in [0, 0.05) is 51.5 Å². The number of hydrogen-bond acceptors (Lipinski definition) is 4. The van der Waals surface area contributed by atoms with E-state index >= 15 is 0 Å². The molecule has 3 aliphatic rings. The topological polar surface area (TPSA) is 41.7 Å². The molecule has 1 aromatic rings. The van der Waals surface area contributed by atoms with Gasteiger partial charge < -0.3 is 10.5 Å². The van der Waals surface area contributed by atoms with Crippen molar-refractivity contribution in [3.8, 4) is 0 Å². The number of hydrogen-bond donors (Lipinski definition) is 1. The molecule has 0 radical (unpaired) electrons. The Morgan fingerprint density at radius 2 is 1.75 bits per heavy atom. The second kappa shape index (κ2) is 6.75. The Bertz CT molecular complexity index is 543. The molecule has 3 fully saturated rings. The molecule has 0 bridgehead atoms. The van der Waals surface area contributed by atoms with Crippen molar-refractivity contribution < 1.29 is 4.74 Å². The van der Waals surface area contributed by atoms with Gasteiger partial charge >= 0.3 is 0 Å². The number of likely N-dealkylation sites (tertiary alicyclic amines) is 2. The SMILES string of the molecule is NCC1(N2CCC3(CCOCC3)C2)CCN(Cc2ccccc2)C1. The fourth-order valence-corrected chi connectivity index (χ4v) is 5.02. The quantitative estimate of drug-likeness (QED) is 0.918. The van der Waals surface area contributed by atoms with Crippen LogP contribution in [0.3, 0.4) is 0 Å². The summed E-state index contributed by atoms with van der Waals surface area (Å²) in [5.41, 5.74) is 8.44. The van der Waals surface area contributed by atoms with Crippen LogP contribution in [0.25, 0.3) is 0 Å². The van der Waals surface area contributed by atoms with E-state index < -0.39 is 0 Å². The summed E-state index contributed by atoms with van der Waals surface area (Å²) in [5.74, 6) is 0. The molecule has 3 saturated heterocycles. The molecule has 4 nitrogen and oxygen atoms in total. The molecule has 2 N–H and O–H groups in total. The van der Waals surface area contributed by atoms with Crippen LogP contribution in [-0.4, -0.2) is 61.3 Å². The maximum absolute atomic E-state index is 6.33. The van der Waals surface area contributed by atoms with E-state index in [1.54, 1.807) is 0 Å². The van der Waals surface area contributed by atoms with Crippen molar-refractivity contribution in [2.24, 2.45) is 11.1 Å². The highest BCUT2D eigenvalue weighted by Gasteiger charge is 2.49. The molecule has 1 spiro atoms. The van der Waals surface area contributed by atoms with Crippen LogP contribution in [0.5, 0.6) is 0 Å². The summed E-state index contributed by atoms with van der Waals surface area (Å²) in [7, 11) is 0. The minimum atomic E-state index is 0.191. The minimum absolute atomic E-state index is 0.191. The van der Waals surface area contributed by atoms with Crippen molar-refractivity contribution in [1.29, 1.82) is 0 Å². The fourth-order valence-electron chi connectivity index (χ4n) is 5.02. The van der Waals surface area contributed by atoms with Gasteiger partial charge in [-0.2, -0.15) is 0 Å². The molecule has 24 heavy (non-hydrogen) atoms. The van der Waals surface area contributed by atoms with Gasteiger partial charge in [-0.15, -0.1) is 0 Å². The lowest BCUT2D eigenvalue weighted by molar-refractivity contribution is 0.0111. The monoisotopic (exact) mass is 329 g/mol. The first-order valence-corrected chi connectivity index (χ1v) is 9.53. The van der Waals surface area contributed by atoms with Gasteiger partial charge in [0.25, 0.3) is 0 Å². The average Bonchev–Trinajstić information content (AvgIpc) is 3.22. The standard InChI is InChI=1S/C20H31N3O/c21-15-20(23-11-6-19(16-23)8-12-24-13-9-19)7-10-22(17-20)14-18-4-2-1-3-5-18/h1-5H,6-17,21H2. The van der Waals surface area contributed by atoms with E-state index in [0.717, 1.165) is 32.8 Å². The van der Waals surface area contributed by atoms with Crippen molar-refractivity contribution in [3.05, 3.63) is 35.9 Å². The molecule has 3 aliphatic heterocycles. The van der Waals surface area contributed by atoms with Crippen LogP contribution in [0, 0.1) is 5.41 Å². The van der Waals surface area contributed by atoms with Crippen molar-refractivity contribution in [2.75, 3.05) is 45.9 Å². The van der Waals surface area contributed by atoms with Gasteiger partial charge in [-0.05, 0) is 43.2 Å². The first kappa shape index (κ1) is 16.5. The lowest BCUT2D eigenvalue weighted by atomic mass is 9.79. The van der Waals surface area contributed by atoms with Crippen molar-refractivity contribution in [3.63, 3.8) is 0 Å². The summed E-state index contributed by atoms with van der Waals surface area (Å²) in [6, 6.07) is 10.8. The summed E-state index contributed by atoms with van der Waals surface area (Å²) >= 11 is 0. The Labute approximate surface area is 145 Å². The predicted octanol–water partition coefficient (Wildman–Crippen LogP) is 2.09. The molecule has 4 rings (SSSR count). The van der Waals surface area contributed by atoms with E-state index in [1.165, 1.54) is 50.9 Å². The number of nitrogens with two attached hydrogens (primary N) is 1. The number of nitrogens with zero attached hydrogens (tertiary/aromatic N) is 2. The fraction of sp³-hybridized carbons (Fsp3) is 0.700. The van der Waals surface area contributed by atoms with E-state index in [0.29, 0.717) is 5.41 Å². The second-order valence-corrected chi connectivity index (χ2v) is 8.16. The highest BCUT2D eigenvalue weighted by molar-refractivity contribution is 5.15. The molecule has 1 atom stereocenters. The van der Waals surface area contributed by atoms with Gasteiger partial charge in [0.1, 0.15) is 0 Å². The van der Waals surface area contributed by atoms with Crippen molar-refractivity contribution in [1.82, 2.24) is 9.80 Å². The van der Waals surface area contributed by atoms with Crippen molar-refractivity contribution in [2.45, 2.75) is 37.8 Å². The molecule has 0 aliphatic carbocycles. The number of rotatable bonds is 4. The highest BCUT2D eigenvalue weighted by atomic mass is 16.5. The summed E-state index contributed by atoms with van der Waals surface area (Å²) in [5, 5.41) is 0. The lowest BCUT2D eigenvalue weighted by Crippen LogP contribution is -2.55. The minimum Gasteiger partial charge on any atom is -0.381 e. The zero-order valence-corrected chi connectivity index (χ0v) is 14.8. The summed E-state index contributed by atoms with van der Waals surface area (Å²) in [6.07, 6.45) is 5.01. The van der Waals surface area contributed by atoms with Crippen LogP contribution in [0.1, 0.15) is 31.2 Å². The number of benzene rings is 1. The normalized spacial score (nSPS) is 31.0. The third-order valence-corrected chi connectivity index (χ3v) is 6.70. The summed E-state index contributed by atoms with van der Waals surface area (Å²) in [4.78, 5) is 5.33. The molecule has 0 saturated carbocycles. The summed E-state index contributed by atoms with van der Waals surface area (Å²) in [6.45, 7) is 8.46. The van der Waals surface area contributed by atoms with Crippen LogP contribution in [-0.2, 0) is 11.3 Å². The first-order valence-electron chi connectivity index (χ1n) is 9.53. The molecule has 3 heterocycles. The predicted molar refractivity (Wildman–Crippen MR) is 96.8 cm³/mol. The van der Waals surface area contributed by atoms with E-state index in [4.69, 9.17) is 10.5 Å². The Kier molecular flexibility index (Phi) is 4.65. The van der Waals surface area contributed by atoms with Crippen LogP contribution in [0.15, 0.2) is 30.3 Å². The highest BCUT2D eigenvalue weighted by Crippen LogP contribution is 2.43. The molecule has 132 valence electrons. The zero-order chi connectivity index (χ0) is 16.5. The maximum atomic E-state index is 6.33. The molecular weight excluding hydrogens is 298 g/mol. The lowest BCUT2D eigenvalue weighted by Gasteiger charge is -2.40. The van der Waals surface area contributed by atoms with Crippen molar-refractivity contribution >= 4 is 0 Å². The molecular formula is C20H31N3O. The van der Waals surface area contributed by atoms with Gasteiger partial charge in [0.15, 0.2) is 0 Å². The van der Waals surface area contributed by atoms with Gasteiger partial charge in [-0.3, -0.25) is 9.80 Å². The first-order chi connectivity index (χ1) is 11.7. The Morgan fingerprint density at radius 1 is 0.958 bits per heavy atom. The van der Waals surface area contributed by atoms with Crippen LogP contribution in [0.2, 0.25) is 0 Å². The molecule has 0 aromatic heterocycles. The molecule has 1 unspecified atom stereocenters. The van der Waals surface area contributed by atoms with Gasteiger partial charge in [0.05, 0.1) is 0 Å². The average molecular weight is 329 g/mol. The molecule has 1 aromatic carbocycles. The van der Waals surface area contributed by atoms with E-state index in [2.05, 4.69) is 40.1 Å². The largest absolute Gasteiger partial charge is 0.381 e. The Morgan fingerprint density at radius 3 is 2.50 bits per heavy atom. The Balaban J connectivity index is 1.42. The van der Waals surface area contributed by atoms with Crippen LogP contribution in [0.4, 0.5) is 0 Å². The van der Waals surface area contributed by atoms with E-state index in [-0.39, 0.29) is 5.54 Å². The molecule has 4 heteroatoms.